The van der Waals surface area contributed by atoms with Gasteiger partial charge in [0.05, 0.1) is 32.0 Å². The Kier molecular flexibility index (Phi) is 50.1. The Hall–Kier alpha value is -7.23. The molecule has 22 heteroatoms. The van der Waals surface area contributed by atoms with Crippen LogP contribution in [0.5, 0.6) is 0 Å². The number of hydrogen-bond donors (Lipinski definition) is 2. The molecule has 0 atom stereocenters. The van der Waals surface area contributed by atoms with Gasteiger partial charge in [0, 0.05) is 66.5 Å². The first kappa shape index (κ1) is 96.0. The van der Waals surface area contributed by atoms with Crippen molar-refractivity contribution in [2.75, 3.05) is 64.7 Å². The first-order chi connectivity index (χ1) is 51.6. The molecule has 0 spiro atoms. The maximum atomic E-state index is 13.4. The van der Waals surface area contributed by atoms with Gasteiger partial charge in [-0.05, 0) is 182 Å². The normalized spacial score (nSPS) is 11.1. The molecular weight excluding hydrogens is 1470 g/mol. The Balaban J connectivity index is 0.0000103. The van der Waals surface area contributed by atoms with Crippen LogP contribution < -0.4 is 67.3 Å². The largest absolute Gasteiger partial charge is 1.00 e. The molecule has 0 aliphatic heterocycles. The topological polar surface area (TPSA) is 201 Å². The zero-order chi connectivity index (χ0) is 75.7. The van der Waals surface area contributed by atoms with Crippen LogP contribution in [0.1, 0.15) is 214 Å². The zero-order valence-electron chi connectivity index (χ0n) is 65.2. The van der Waals surface area contributed by atoms with Crippen molar-refractivity contribution in [3.8, 4) is 0 Å². The minimum absolute atomic E-state index is 0. The third-order valence-corrected chi connectivity index (χ3v) is 28.5. The van der Waals surface area contributed by atoms with Crippen LogP contribution in [0.4, 0.5) is 0 Å². The fraction of sp³-hybridized carbons (Fsp3) is 0.494. The molecule has 6 rings (SSSR count). The number of nitrogens with zero attached hydrogens (tertiary/aromatic N) is 4. The number of nitrogens with one attached hydrogen (secondary N) is 2. The van der Waals surface area contributed by atoms with Crippen LogP contribution in [0.25, 0.3) is 0 Å². The summed E-state index contributed by atoms with van der Waals surface area (Å²) in [6, 6.07) is 67.4. The van der Waals surface area contributed by atoms with E-state index in [2.05, 4.69) is 198 Å². The number of amides is 5. The average molecular weight is 1600 g/mol. The summed E-state index contributed by atoms with van der Waals surface area (Å²) in [6.07, 6.45) is 27.5. The van der Waals surface area contributed by atoms with E-state index in [1.165, 1.54) is 175 Å². The van der Waals surface area contributed by atoms with Crippen LogP contribution in [-0.4, -0.2) is 132 Å². The number of hydroxylamine groups is 6. The van der Waals surface area contributed by atoms with Crippen LogP contribution >= 0.6 is 26.9 Å². The van der Waals surface area contributed by atoms with E-state index in [-0.39, 0.29) is 100 Å². The van der Waals surface area contributed by atoms with E-state index in [1.54, 1.807) is 0 Å². The maximum Gasteiger partial charge on any atom is 0.329 e. The molecule has 2 N–H and O–H groups in total. The lowest BCUT2D eigenvalue weighted by atomic mass is 10.1. The predicted molar refractivity (Wildman–Crippen MR) is 440 cm³/mol. The molecule has 0 aromatic heterocycles. The first-order valence-electron chi connectivity index (χ1n) is 39.4. The fourth-order valence-corrected chi connectivity index (χ4v) is 22.8. The molecule has 0 saturated heterocycles. The number of halogens is 3. The standard InChI is InChI=1S/C87H120N6O11P2.3ClH/c1-74(94)91(102-75(2)95)69-43-23-38-64-88-84(98)60-62-86(100)92(103-76(3)96)70-44-24-39-65-89-85(99)61-63-87(101)93(104-77(4)97)71-45-25-42-68-90(66-40-13-9-5-7-11-15-46-72-105(78-48-26-17-27-49-78,79-50-28-18-29-51-79)80-52-30-19-31-53-80)67-41-14-10-6-8-12-16-47-73-106(81-54-32-20-33-55-81,82-56-34-21-35-57-82)83-58-36-22-37-59-83;;;/h17-22,26-37,48-59H,5-16,23-25,38-47,60-73H2,1-4H3;3*1H. The molecule has 0 fully saturated rings. The van der Waals surface area contributed by atoms with E-state index in [9.17, 15) is 38.4 Å². The number of carbonyl (C=O) groups is 8. The molecule has 0 bridgehead atoms. The molecule has 0 radical (unpaired) electrons. The molecule has 0 saturated carbocycles. The van der Waals surface area contributed by atoms with E-state index >= 15 is 0 Å². The van der Waals surface area contributed by atoms with Gasteiger partial charge in [0.15, 0.2) is 0 Å². The van der Waals surface area contributed by atoms with Crippen molar-refractivity contribution in [3.63, 3.8) is 0 Å². The molecular formula is C87H123Cl3N6O11P2. The lowest BCUT2D eigenvalue weighted by Crippen LogP contribution is -3.00. The summed E-state index contributed by atoms with van der Waals surface area (Å²) in [5, 5.41) is 17.4. The van der Waals surface area contributed by atoms with Crippen molar-refractivity contribution in [1.82, 2.24) is 30.7 Å². The van der Waals surface area contributed by atoms with Crippen LogP contribution in [0.2, 0.25) is 0 Å². The second kappa shape index (κ2) is 56.9. The molecule has 6 aromatic carbocycles. The Morgan fingerprint density at radius 1 is 0.284 bits per heavy atom. The van der Waals surface area contributed by atoms with Crippen LogP contribution in [-0.2, 0) is 52.9 Å². The predicted octanol–water partition coefficient (Wildman–Crippen LogP) is 9.19. The van der Waals surface area contributed by atoms with Gasteiger partial charge < -0.3 is 54.9 Å². The Morgan fingerprint density at radius 2 is 0.505 bits per heavy atom. The van der Waals surface area contributed by atoms with E-state index < -0.39 is 44.2 Å². The highest BCUT2D eigenvalue weighted by Crippen LogP contribution is 2.57. The first-order valence-corrected chi connectivity index (χ1v) is 43.4. The van der Waals surface area contributed by atoms with Gasteiger partial charge in [0.2, 0.25) is 11.8 Å². The molecule has 109 heavy (non-hydrogen) atoms. The molecule has 6 aromatic rings. The molecule has 0 unspecified atom stereocenters. The number of benzene rings is 6. The van der Waals surface area contributed by atoms with Crippen molar-refractivity contribution in [1.29, 1.82) is 0 Å². The number of rotatable bonds is 52. The number of carbonyl (C=O) groups excluding carboxylic acids is 8. The third-order valence-electron chi connectivity index (χ3n) is 19.4. The van der Waals surface area contributed by atoms with Gasteiger partial charge >= 0.3 is 17.9 Å². The minimum atomic E-state index is -1.81. The molecule has 0 heterocycles. The lowest BCUT2D eigenvalue weighted by Gasteiger charge is -2.27. The zero-order valence-corrected chi connectivity index (χ0v) is 69.4. The van der Waals surface area contributed by atoms with Crippen molar-refractivity contribution in [3.05, 3.63) is 182 Å². The van der Waals surface area contributed by atoms with E-state index in [0.29, 0.717) is 58.0 Å². The van der Waals surface area contributed by atoms with Crippen LogP contribution in [0.3, 0.4) is 0 Å². The molecule has 17 nitrogen and oxygen atoms in total. The van der Waals surface area contributed by atoms with Gasteiger partial charge in [-0.25, -0.2) is 0 Å². The molecule has 0 aliphatic rings. The van der Waals surface area contributed by atoms with Crippen LogP contribution in [0.15, 0.2) is 182 Å². The smallest absolute Gasteiger partial charge is 0.329 e. The summed E-state index contributed by atoms with van der Waals surface area (Å²) in [7, 11) is -3.62. The van der Waals surface area contributed by atoms with Crippen molar-refractivity contribution < 1.29 is 77.7 Å². The second-order valence-corrected chi connectivity index (χ2v) is 35.1. The Bertz CT molecular complexity index is 3150. The molecule has 0 aliphatic carbocycles. The van der Waals surface area contributed by atoms with Gasteiger partial charge in [-0.15, -0.1) is 12.4 Å². The minimum Gasteiger partial charge on any atom is -1.00 e. The maximum absolute atomic E-state index is 13.4. The van der Waals surface area contributed by atoms with Gasteiger partial charge in [-0.3, -0.25) is 38.4 Å². The summed E-state index contributed by atoms with van der Waals surface area (Å²) in [6.45, 7) is 9.39. The third kappa shape index (κ3) is 36.2. The van der Waals surface area contributed by atoms with E-state index in [4.69, 9.17) is 14.5 Å². The van der Waals surface area contributed by atoms with Gasteiger partial charge in [0.1, 0.15) is 46.4 Å². The lowest BCUT2D eigenvalue weighted by molar-refractivity contribution is -0.196. The van der Waals surface area contributed by atoms with Crippen molar-refractivity contribution in [2.45, 2.75) is 214 Å². The summed E-state index contributed by atoms with van der Waals surface area (Å²) < 4.78 is 0. The average Bonchev–Trinajstić information content (AvgIpc) is 0.766. The van der Waals surface area contributed by atoms with Crippen molar-refractivity contribution >= 4 is 106 Å². The van der Waals surface area contributed by atoms with Gasteiger partial charge in [0.25, 0.3) is 17.7 Å². The molecule has 5 amide bonds. The number of hydrogen-bond acceptors (Lipinski definition) is 12. The summed E-state index contributed by atoms with van der Waals surface area (Å²) in [4.78, 5) is 117. The number of unbranched alkanes of at least 4 members (excludes halogenated alkanes) is 20. The fourth-order valence-electron chi connectivity index (χ4n) is 14.0. The second-order valence-electron chi connectivity index (χ2n) is 27.8. The van der Waals surface area contributed by atoms with Gasteiger partial charge in [-0.1, -0.05) is 180 Å². The van der Waals surface area contributed by atoms with E-state index in [0.717, 1.165) is 47.7 Å². The summed E-state index contributed by atoms with van der Waals surface area (Å²) in [5.41, 5.74) is 0. The monoisotopic (exact) mass is 1590 g/mol. The van der Waals surface area contributed by atoms with E-state index in [1.807, 2.05) is 0 Å². The highest BCUT2D eigenvalue weighted by Gasteiger charge is 2.46. The van der Waals surface area contributed by atoms with Crippen molar-refractivity contribution in [2.24, 2.45) is 0 Å². The quantitative estimate of drug-likeness (QED) is 0.0209. The summed E-state index contributed by atoms with van der Waals surface area (Å²) in [5.74, 6) is -3.81. The Labute approximate surface area is 671 Å². The SMILES string of the molecule is CC(=O)ON(CCCCCNC(=O)CCC(=O)N(CCCCCNC(=O)CCC(=O)N(CCCCCN(CCCCCCCCCC[P+](c1ccccc1)(c1ccccc1)c1ccccc1)CCCCCCCCCC[P+](c1ccccc1)(c1ccccc1)c1ccccc1)OC(C)=O)OC(C)=O)C(C)=O.Cl.[Cl-].[Cl-]. The Morgan fingerprint density at radius 3 is 0.771 bits per heavy atom. The highest BCUT2D eigenvalue weighted by atomic mass is 35.5. The van der Waals surface area contributed by atoms with Crippen LogP contribution in [0, 0.1) is 0 Å². The highest BCUT2D eigenvalue weighted by molar-refractivity contribution is 7.96. The van der Waals surface area contributed by atoms with Gasteiger partial charge in [-0.2, -0.15) is 15.2 Å². The molecule has 598 valence electrons. The summed E-state index contributed by atoms with van der Waals surface area (Å²) >= 11 is 0.